The maximum absolute atomic E-state index is 13.9. The molecule has 2 aliphatic rings. The Kier molecular flexibility index (Phi) is 5.86. The predicted molar refractivity (Wildman–Crippen MR) is 105 cm³/mol. The number of halogens is 5. The highest BCUT2D eigenvalue weighted by Crippen LogP contribution is 2.36. The monoisotopic (exact) mass is 462 g/mol. The molecule has 0 radical (unpaired) electrons. The minimum absolute atomic E-state index is 0.115. The topological polar surface area (TPSA) is 68.4 Å². The summed E-state index contributed by atoms with van der Waals surface area (Å²) >= 11 is 0. The molecule has 0 N–H and O–H groups in total. The van der Waals surface area contributed by atoms with Gasteiger partial charge in [0.1, 0.15) is 11.9 Å². The van der Waals surface area contributed by atoms with Crippen molar-refractivity contribution in [2.75, 3.05) is 23.0 Å². The van der Waals surface area contributed by atoms with Crippen LogP contribution in [0.2, 0.25) is 0 Å². The summed E-state index contributed by atoms with van der Waals surface area (Å²) < 4.78 is 75.2. The van der Waals surface area contributed by atoms with Crippen molar-refractivity contribution in [1.29, 1.82) is 0 Å². The third kappa shape index (κ3) is 4.05. The first kappa shape index (κ1) is 22.5. The molecule has 8 nitrogen and oxygen atoms in total. The minimum atomic E-state index is -4.64. The van der Waals surface area contributed by atoms with E-state index in [1.807, 2.05) is 18.7 Å². The highest BCUT2D eigenvalue weighted by atomic mass is 19.4. The second kappa shape index (κ2) is 8.34. The number of hydrogen-bond donors (Lipinski definition) is 0. The number of nitrogens with zero attached hydrogens (tertiary/aromatic N) is 6. The zero-order valence-electron chi connectivity index (χ0n) is 17.5. The van der Waals surface area contributed by atoms with Gasteiger partial charge < -0.3 is 14.5 Å². The number of morpholine rings is 1. The van der Waals surface area contributed by atoms with Crippen LogP contribution in [-0.2, 0) is 17.8 Å². The van der Waals surface area contributed by atoms with Gasteiger partial charge in [-0.05, 0) is 26.3 Å². The van der Waals surface area contributed by atoms with Crippen LogP contribution in [0, 0.1) is 0 Å². The van der Waals surface area contributed by atoms with Crippen molar-refractivity contribution in [3.8, 4) is 0 Å². The lowest BCUT2D eigenvalue weighted by molar-refractivity contribution is -0.153. The number of alkyl halides is 5. The van der Waals surface area contributed by atoms with Crippen molar-refractivity contribution >= 4 is 11.8 Å². The van der Waals surface area contributed by atoms with Gasteiger partial charge in [-0.25, -0.2) is 4.68 Å². The summed E-state index contributed by atoms with van der Waals surface area (Å²) in [4.78, 5) is 20.0. The van der Waals surface area contributed by atoms with Crippen LogP contribution >= 0.6 is 0 Å². The molecule has 0 amide bonds. The van der Waals surface area contributed by atoms with Crippen molar-refractivity contribution in [3.05, 3.63) is 34.4 Å². The van der Waals surface area contributed by atoms with Crippen LogP contribution in [0.25, 0.3) is 0 Å². The number of anilines is 2. The Morgan fingerprint density at radius 1 is 1.22 bits per heavy atom. The summed E-state index contributed by atoms with van der Waals surface area (Å²) in [5, 5.41) is 3.50. The molecule has 13 heteroatoms. The van der Waals surface area contributed by atoms with Crippen molar-refractivity contribution in [2.45, 2.75) is 64.2 Å². The fourth-order valence-electron chi connectivity index (χ4n) is 4.38. The molecule has 4 heterocycles. The smallest absolute Gasteiger partial charge is 0.377 e. The van der Waals surface area contributed by atoms with E-state index in [1.165, 1.54) is 12.1 Å². The van der Waals surface area contributed by atoms with E-state index in [4.69, 9.17) is 4.74 Å². The summed E-state index contributed by atoms with van der Waals surface area (Å²) in [5.74, 6) is 0.0359. The Morgan fingerprint density at radius 2 is 1.91 bits per heavy atom. The fourth-order valence-corrected chi connectivity index (χ4v) is 4.38. The first-order chi connectivity index (χ1) is 15.1. The van der Waals surface area contributed by atoms with E-state index in [0.29, 0.717) is 17.9 Å². The summed E-state index contributed by atoms with van der Waals surface area (Å²) in [5.41, 5.74) is -0.612. The van der Waals surface area contributed by atoms with E-state index < -0.39 is 37.3 Å². The maximum atomic E-state index is 13.9. The average molecular weight is 462 g/mol. The number of fused-ring (bicyclic) bond motifs is 1. The fraction of sp³-hybridized carbons (Fsp3) is 0.632. The molecule has 32 heavy (non-hydrogen) atoms. The van der Waals surface area contributed by atoms with Gasteiger partial charge in [0.15, 0.2) is 0 Å². The number of rotatable bonds is 4. The average Bonchev–Trinajstić information content (AvgIpc) is 3.16. The summed E-state index contributed by atoms with van der Waals surface area (Å²) in [6, 6.07) is 0.253. The zero-order chi connectivity index (χ0) is 23.2. The maximum Gasteiger partial charge on any atom is 0.408 e. The van der Waals surface area contributed by atoms with Crippen LogP contribution in [-0.4, -0.2) is 56.8 Å². The van der Waals surface area contributed by atoms with Gasteiger partial charge in [0.05, 0.1) is 37.5 Å². The van der Waals surface area contributed by atoms with Crippen LogP contribution in [0.1, 0.15) is 32.5 Å². The molecule has 176 valence electrons. The lowest BCUT2D eigenvalue weighted by Gasteiger charge is -2.42. The second-order valence-electron chi connectivity index (χ2n) is 8.07. The van der Waals surface area contributed by atoms with E-state index in [2.05, 4.69) is 10.1 Å². The van der Waals surface area contributed by atoms with Crippen LogP contribution in [0.4, 0.5) is 33.7 Å². The molecule has 3 atom stereocenters. The van der Waals surface area contributed by atoms with Gasteiger partial charge >= 0.3 is 12.7 Å². The van der Waals surface area contributed by atoms with Gasteiger partial charge in [-0.1, -0.05) is 0 Å². The van der Waals surface area contributed by atoms with Crippen LogP contribution in [0.15, 0.2) is 23.1 Å². The third-order valence-electron chi connectivity index (χ3n) is 5.81. The van der Waals surface area contributed by atoms with Gasteiger partial charge in [0.25, 0.3) is 5.56 Å². The van der Waals surface area contributed by atoms with Crippen molar-refractivity contribution in [1.82, 2.24) is 19.3 Å². The lowest BCUT2D eigenvalue weighted by Crippen LogP contribution is -2.54. The Labute approximate surface area is 180 Å². The van der Waals surface area contributed by atoms with E-state index in [-0.39, 0.29) is 36.1 Å². The van der Waals surface area contributed by atoms with E-state index in [1.54, 1.807) is 0 Å². The van der Waals surface area contributed by atoms with Gasteiger partial charge in [-0.2, -0.15) is 32.0 Å². The van der Waals surface area contributed by atoms with Gasteiger partial charge in [0, 0.05) is 18.8 Å². The van der Waals surface area contributed by atoms with Gasteiger partial charge in [0.2, 0.25) is 5.95 Å². The van der Waals surface area contributed by atoms with Gasteiger partial charge in [-0.15, -0.1) is 0 Å². The molecule has 2 aromatic rings. The SMILES string of the molecule is CC1COCC(C)N1c1cc(=O)n2c(n1)N(Cc1ccnn1C(F)F)C(C(F)(F)F)CC2. The third-order valence-corrected chi connectivity index (χ3v) is 5.81. The van der Waals surface area contributed by atoms with E-state index in [9.17, 15) is 26.7 Å². The van der Waals surface area contributed by atoms with Crippen LogP contribution < -0.4 is 15.4 Å². The number of aromatic nitrogens is 4. The Morgan fingerprint density at radius 3 is 2.53 bits per heavy atom. The molecule has 0 saturated carbocycles. The highest BCUT2D eigenvalue weighted by Gasteiger charge is 2.47. The molecule has 0 spiro atoms. The summed E-state index contributed by atoms with van der Waals surface area (Å²) in [7, 11) is 0. The molecular weight excluding hydrogens is 439 g/mol. The van der Waals surface area contributed by atoms with Crippen molar-refractivity contribution in [2.24, 2.45) is 0 Å². The molecular formula is C19H23F5N6O2. The molecule has 1 fully saturated rings. The molecule has 3 unspecified atom stereocenters. The first-order valence-corrected chi connectivity index (χ1v) is 10.2. The minimum Gasteiger partial charge on any atom is -0.377 e. The van der Waals surface area contributed by atoms with Crippen LogP contribution in [0.3, 0.4) is 0 Å². The van der Waals surface area contributed by atoms with E-state index >= 15 is 0 Å². The number of ether oxygens (including phenoxy) is 1. The largest absolute Gasteiger partial charge is 0.408 e. The molecule has 0 aromatic carbocycles. The summed E-state index contributed by atoms with van der Waals surface area (Å²) in [6.07, 6.45) is -3.94. The molecule has 2 aliphatic heterocycles. The van der Waals surface area contributed by atoms with Crippen molar-refractivity contribution in [3.63, 3.8) is 0 Å². The van der Waals surface area contributed by atoms with E-state index in [0.717, 1.165) is 15.7 Å². The molecule has 0 aliphatic carbocycles. The van der Waals surface area contributed by atoms with Gasteiger partial charge in [-0.3, -0.25) is 9.36 Å². The normalized spacial score (nSPS) is 24.2. The second-order valence-corrected chi connectivity index (χ2v) is 8.07. The lowest BCUT2D eigenvalue weighted by atomic mass is 10.1. The Balaban J connectivity index is 1.81. The number of hydrogen-bond acceptors (Lipinski definition) is 6. The highest BCUT2D eigenvalue weighted by molar-refractivity contribution is 5.48. The standard InChI is InChI=1S/C19H23F5N6O2/c1-11-9-32-10-12(2)29(11)15-7-16(31)27-6-4-14(19(22,23)24)28(18(27)26-15)8-13-3-5-25-30(13)17(20)21/h3,5,7,11-12,14,17H,4,6,8-10H2,1-2H3. The Bertz CT molecular complexity index is 1010. The molecule has 0 bridgehead atoms. The quantitative estimate of drug-likeness (QED) is 0.651. The predicted octanol–water partition coefficient (Wildman–Crippen LogP) is 2.79. The molecule has 4 rings (SSSR count). The molecule has 1 saturated heterocycles. The first-order valence-electron chi connectivity index (χ1n) is 10.2. The van der Waals surface area contributed by atoms with Crippen LogP contribution in [0.5, 0.6) is 0 Å². The zero-order valence-corrected chi connectivity index (χ0v) is 17.5. The molecule has 2 aromatic heterocycles. The van der Waals surface area contributed by atoms with Crippen molar-refractivity contribution < 1.29 is 26.7 Å². The Hall–Kier alpha value is -2.70. The summed E-state index contributed by atoms with van der Waals surface area (Å²) in [6.45, 7) is 0.784.